The van der Waals surface area contributed by atoms with Gasteiger partial charge >= 0.3 is 0 Å². The van der Waals surface area contributed by atoms with Gasteiger partial charge in [-0.15, -0.1) is 0 Å². The molecular formula is C15H28N2O2. The first kappa shape index (κ1) is 13.8. The van der Waals surface area contributed by atoms with Crippen molar-refractivity contribution in [3.05, 3.63) is 0 Å². The third-order valence-electron chi connectivity index (χ3n) is 5.03. The molecule has 0 aromatic carbocycles. The van der Waals surface area contributed by atoms with Crippen LogP contribution in [-0.2, 0) is 9.47 Å². The Morgan fingerprint density at radius 2 is 1.79 bits per heavy atom. The maximum atomic E-state index is 5.78. The van der Waals surface area contributed by atoms with E-state index in [-0.39, 0.29) is 5.79 Å². The first-order valence-electron chi connectivity index (χ1n) is 8.03. The highest BCUT2D eigenvalue weighted by molar-refractivity contribution is 4.86. The Kier molecular flexibility index (Phi) is 4.42. The van der Waals surface area contributed by atoms with Gasteiger partial charge in [-0.1, -0.05) is 0 Å². The van der Waals surface area contributed by atoms with Crippen LogP contribution in [0.3, 0.4) is 0 Å². The Hall–Kier alpha value is -0.160. The molecule has 0 aromatic rings. The molecule has 1 saturated carbocycles. The molecule has 110 valence electrons. The standard InChI is InChI=1S/C15H28N2O2/c1-13(17-8-2-3-9-17)12-16-14-4-6-15(7-5-14)18-10-11-19-15/h13-14,16H,2-12H2,1H3. The summed E-state index contributed by atoms with van der Waals surface area (Å²) in [6.07, 6.45) is 7.25. The lowest BCUT2D eigenvalue weighted by Crippen LogP contribution is -2.46. The molecule has 0 amide bonds. The summed E-state index contributed by atoms with van der Waals surface area (Å²) in [7, 11) is 0. The van der Waals surface area contributed by atoms with Crippen molar-refractivity contribution >= 4 is 0 Å². The molecule has 19 heavy (non-hydrogen) atoms. The van der Waals surface area contributed by atoms with Crippen molar-refractivity contribution < 1.29 is 9.47 Å². The van der Waals surface area contributed by atoms with Crippen LogP contribution in [0.15, 0.2) is 0 Å². The third kappa shape index (κ3) is 3.30. The van der Waals surface area contributed by atoms with Crippen LogP contribution in [0.25, 0.3) is 0 Å². The van der Waals surface area contributed by atoms with E-state index >= 15 is 0 Å². The number of rotatable bonds is 4. The van der Waals surface area contributed by atoms with E-state index < -0.39 is 0 Å². The SMILES string of the molecule is CC(CNC1CCC2(CC1)OCCO2)N1CCCC1. The highest BCUT2D eigenvalue weighted by atomic mass is 16.7. The van der Waals surface area contributed by atoms with Crippen molar-refractivity contribution in [3.8, 4) is 0 Å². The molecule has 1 spiro atoms. The van der Waals surface area contributed by atoms with Crippen molar-refractivity contribution in [1.82, 2.24) is 10.2 Å². The van der Waals surface area contributed by atoms with Crippen LogP contribution in [0.2, 0.25) is 0 Å². The maximum Gasteiger partial charge on any atom is 0.168 e. The predicted octanol–water partition coefficient (Wildman–Crippen LogP) is 1.75. The van der Waals surface area contributed by atoms with E-state index in [1.165, 1.54) is 38.8 Å². The van der Waals surface area contributed by atoms with Gasteiger partial charge in [0.2, 0.25) is 0 Å². The summed E-state index contributed by atoms with van der Waals surface area (Å²) in [5.41, 5.74) is 0. The molecule has 1 N–H and O–H groups in total. The molecule has 3 fully saturated rings. The molecule has 4 nitrogen and oxygen atoms in total. The van der Waals surface area contributed by atoms with Gasteiger partial charge in [0.25, 0.3) is 0 Å². The van der Waals surface area contributed by atoms with Crippen LogP contribution in [0.1, 0.15) is 45.4 Å². The molecule has 0 aromatic heterocycles. The average molecular weight is 268 g/mol. The number of hydrogen-bond donors (Lipinski definition) is 1. The smallest absolute Gasteiger partial charge is 0.168 e. The molecule has 1 unspecified atom stereocenters. The van der Waals surface area contributed by atoms with E-state index in [1.807, 2.05) is 0 Å². The zero-order valence-corrected chi connectivity index (χ0v) is 12.2. The van der Waals surface area contributed by atoms with Gasteiger partial charge < -0.3 is 14.8 Å². The molecule has 2 aliphatic heterocycles. The van der Waals surface area contributed by atoms with Crippen LogP contribution in [0, 0.1) is 0 Å². The molecular weight excluding hydrogens is 240 g/mol. The highest BCUT2D eigenvalue weighted by Crippen LogP contribution is 2.35. The van der Waals surface area contributed by atoms with Gasteiger partial charge in [-0.25, -0.2) is 0 Å². The first-order chi connectivity index (χ1) is 9.27. The van der Waals surface area contributed by atoms with Gasteiger partial charge in [-0.05, 0) is 45.7 Å². The van der Waals surface area contributed by atoms with E-state index in [4.69, 9.17) is 9.47 Å². The molecule has 0 bridgehead atoms. The van der Waals surface area contributed by atoms with Gasteiger partial charge in [-0.2, -0.15) is 0 Å². The summed E-state index contributed by atoms with van der Waals surface area (Å²) in [5, 5.41) is 3.75. The number of nitrogens with one attached hydrogen (secondary N) is 1. The fourth-order valence-electron chi connectivity index (χ4n) is 3.70. The van der Waals surface area contributed by atoms with Crippen LogP contribution in [-0.4, -0.2) is 55.6 Å². The zero-order chi connectivity index (χ0) is 13.1. The minimum atomic E-state index is -0.210. The predicted molar refractivity (Wildman–Crippen MR) is 75.2 cm³/mol. The lowest BCUT2D eigenvalue weighted by Gasteiger charge is -2.36. The molecule has 2 saturated heterocycles. The zero-order valence-electron chi connectivity index (χ0n) is 12.2. The highest BCUT2D eigenvalue weighted by Gasteiger charge is 2.40. The molecule has 1 atom stereocenters. The maximum absolute atomic E-state index is 5.78. The molecule has 1 aliphatic carbocycles. The van der Waals surface area contributed by atoms with Gasteiger partial charge in [-0.3, -0.25) is 4.90 Å². The van der Waals surface area contributed by atoms with Crippen molar-refractivity contribution in [2.45, 2.75) is 63.3 Å². The Labute approximate surface area is 116 Å². The largest absolute Gasteiger partial charge is 0.348 e. The summed E-state index contributed by atoms with van der Waals surface area (Å²) >= 11 is 0. The van der Waals surface area contributed by atoms with E-state index in [9.17, 15) is 0 Å². The van der Waals surface area contributed by atoms with Crippen LogP contribution >= 0.6 is 0 Å². The second-order valence-electron chi connectivity index (χ2n) is 6.38. The van der Waals surface area contributed by atoms with Crippen LogP contribution < -0.4 is 5.32 Å². The van der Waals surface area contributed by atoms with E-state index in [2.05, 4.69) is 17.1 Å². The summed E-state index contributed by atoms with van der Waals surface area (Å²) in [6, 6.07) is 1.33. The van der Waals surface area contributed by atoms with Crippen molar-refractivity contribution in [2.75, 3.05) is 32.8 Å². The molecule has 2 heterocycles. The Balaban J connectivity index is 1.37. The minimum Gasteiger partial charge on any atom is -0.348 e. The van der Waals surface area contributed by atoms with Crippen LogP contribution in [0.5, 0.6) is 0 Å². The summed E-state index contributed by atoms with van der Waals surface area (Å²) in [4.78, 5) is 2.61. The van der Waals surface area contributed by atoms with Gasteiger partial charge in [0.05, 0.1) is 13.2 Å². The second kappa shape index (κ2) is 6.08. The quantitative estimate of drug-likeness (QED) is 0.842. The Bertz CT molecular complexity index is 276. The minimum absolute atomic E-state index is 0.210. The number of nitrogens with zero attached hydrogens (tertiary/aromatic N) is 1. The number of likely N-dealkylation sites (tertiary alicyclic amines) is 1. The van der Waals surface area contributed by atoms with E-state index in [0.29, 0.717) is 12.1 Å². The normalized spacial score (nSPS) is 30.2. The fourth-order valence-corrected chi connectivity index (χ4v) is 3.70. The second-order valence-corrected chi connectivity index (χ2v) is 6.38. The lowest BCUT2D eigenvalue weighted by atomic mass is 9.90. The van der Waals surface area contributed by atoms with Crippen molar-refractivity contribution in [3.63, 3.8) is 0 Å². The summed E-state index contributed by atoms with van der Waals surface area (Å²) in [6.45, 7) is 7.62. The number of ether oxygens (including phenoxy) is 2. The molecule has 3 aliphatic rings. The topological polar surface area (TPSA) is 33.7 Å². The molecule has 4 heteroatoms. The average Bonchev–Trinajstić information content (AvgIpc) is 3.09. The van der Waals surface area contributed by atoms with Crippen LogP contribution in [0.4, 0.5) is 0 Å². The first-order valence-corrected chi connectivity index (χ1v) is 8.03. The summed E-state index contributed by atoms with van der Waals surface area (Å²) in [5.74, 6) is -0.210. The van der Waals surface area contributed by atoms with Gasteiger partial charge in [0.1, 0.15) is 0 Å². The molecule has 3 rings (SSSR count). The van der Waals surface area contributed by atoms with Crippen molar-refractivity contribution in [2.24, 2.45) is 0 Å². The lowest BCUT2D eigenvalue weighted by molar-refractivity contribution is -0.179. The third-order valence-corrected chi connectivity index (χ3v) is 5.03. The summed E-state index contributed by atoms with van der Waals surface area (Å²) < 4.78 is 11.6. The fraction of sp³-hybridized carbons (Fsp3) is 1.00. The Morgan fingerprint density at radius 3 is 2.42 bits per heavy atom. The van der Waals surface area contributed by atoms with Gasteiger partial charge in [0.15, 0.2) is 5.79 Å². The monoisotopic (exact) mass is 268 g/mol. The molecule has 0 radical (unpaired) electrons. The van der Waals surface area contributed by atoms with E-state index in [0.717, 1.165) is 32.6 Å². The Morgan fingerprint density at radius 1 is 1.16 bits per heavy atom. The van der Waals surface area contributed by atoms with Gasteiger partial charge in [0, 0.05) is 31.5 Å². The number of hydrogen-bond acceptors (Lipinski definition) is 4. The van der Waals surface area contributed by atoms with E-state index in [1.54, 1.807) is 0 Å². The van der Waals surface area contributed by atoms with Crippen molar-refractivity contribution in [1.29, 1.82) is 0 Å².